The van der Waals surface area contributed by atoms with Gasteiger partial charge in [0.15, 0.2) is 0 Å². The van der Waals surface area contributed by atoms with E-state index in [0.29, 0.717) is 0 Å². The van der Waals surface area contributed by atoms with Crippen LogP contribution in [0, 0.1) is 11.8 Å². The van der Waals surface area contributed by atoms with Gasteiger partial charge >= 0.3 is 0 Å². The van der Waals surface area contributed by atoms with Crippen molar-refractivity contribution in [2.75, 3.05) is 0 Å². The molecule has 0 aromatic rings. The number of rotatable bonds is 0. The Balaban J connectivity index is 2.58. The fraction of sp³-hybridized carbons (Fsp3) is 0.778. The molecule has 0 spiro atoms. The average Bonchev–Trinajstić information content (AvgIpc) is 1.80. The molecular formula is C9H16. The van der Waals surface area contributed by atoms with E-state index in [1.165, 1.54) is 12.8 Å². The van der Waals surface area contributed by atoms with Crippen LogP contribution in [0.1, 0.15) is 33.6 Å². The molecule has 0 bridgehead atoms. The number of hydrogen-bond donors (Lipinski definition) is 0. The minimum atomic E-state index is 0.818. The summed E-state index contributed by atoms with van der Waals surface area (Å²) in [7, 11) is 0. The predicted octanol–water partition coefficient (Wildman–Crippen LogP) is 3.00. The minimum absolute atomic E-state index is 0.818. The lowest BCUT2D eigenvalue weighted by atomic mass is 9.84. The molecule has 1 rings (SSSR count). The van der Waals surface area contributed by atoms with Crippen LogP contribution in [0.25, 0.3) is 0 Å². The first-order chi connectivity index (χ1) is 4.20. The smallest absolute Gasteiger partial charge is 0.0234 e. The van der Waals surface area contributed by atoms with Crippen molar-refractivity contribution in [3.05, 3.63) is 11.6 Å². The SMILES string of the molecule is CC1=CC(C)[C@H](C)CC1. The van der Waals surface area contributed by atoms with Gasteiger partial charge in [0.2, 0.25) is 0 Å². The predicted molar refractivity (Wildman–Crippen MR) is 41.3 cm³/mol. The Kier molecular flexibility index (Phi) is 1.94. The molecular weight excluding hydrogens is 108 g/mol. The topological polar surface area (TPSA) is 0 Å². The molecule has 1 aliphatic carbocycles. The highest BCUT2D eigenvalue weighted by Crippen LogP contribution is 2.27. The molecule has 52 valence electrons. The zero-order valence-electron chi connectivity index (χ0n) is 6.65. The monoisotopic (exact) mass is 124 g/mol. The summed E-state index contributed by atoms with van der Waals surface area (Å²) in [6.45, 7) is 6.89. The van der Waals surface area contributed by atoms with E-state index in [1.807, 2.05) is 0 Å². The second-order valence-corrected chi connectivity index (χ2v) is 3.39. The summed E-state index contributed by atoms with van der Waals surface area (Å²) in [5.74, 6) is 1.73. The molecule has 0 saturated heterocycles. The van der Waals surface area contributed by atoms with Crippen LogP contribution in [0.4, 0.5) is 0 Å². The highest BCUT2D eigenvalue weighted by molar-refractivity contribution is 5.05. The quantitative estimate of drug-likeness (QED) is 0.435. The van der Waals surface area contributed by atoms with Crippen LogP contribution < -0.4 is 0 Å². The second kappa shape index (κ2) is 2.55. The van der Waals surface area contributed by atoms with E-state index in [2.05, 4.69) is 26.8 Å². The van der Waals surface area contributed by atoms with Gasteiger partial charge in [-0.3, -0.25) is 0 Å². The molecule has 1 unspecified atom stereocenters. The van der Waals surface area contributed by atoms with Gasteiger partial charge in [-0.2, -0.15) is 0 Å². The highest BCUT2D eigenvalue weighted by Gasteiger charge is 2.14. The molecule has 9 heavy (non-hydrogen) atoms. The van der Waals surface area contributed by atoms with E-state index < -0.39 is 0 Å². The number of hydrogen-bond acceptors (Lipinski definition) is 0. The standard InChI is InChI=1S/C9H16/c1-7-4-5-8(2)9(3)6-7/h6,8-9H,4-5H2,1-3H3/t8-,9?/m1/s1. The summed E-state index contributed by atoms with van der Waals surface area (Å²) in [6.07, 6.45) is 5.13. The molecule has 1 aliphatic rings. The third-order valence-corrected chi connectivity index (χ3v) is 2.44. The van der Waals surface area contributed by atoms with Gasteiger partial charge in [-0.25, -0.2) is 0 Å². The molecule has 0 saturated carbocycles. The van der Waals surface area contributed by atoms with Crippen molar-refractivity contribution in [2.45, 2.75) is 33.6 Å². The largest absolute Gasteiger partial charge is 0.0825 e. The lowest BCUT2D eigenvalue weighted by molar-refractivity contribution is 0.404. The van der Waals surface area contributed by atoms with Gasteiger partial charge in [0.05, 0.1) is 0 Å². The van der Waals surface area contributed by atoms with Crippen LogP contribution in [0.15, 0.2) is 11.6 Å². The first kappa shape index (κ1) is 6.85. The lowest BCUT2D eigenvalue weighted by Gasteiger charge is -2.22. The third kappa shape index (κ3) is 1.57. The molecule has 0 heteroatoms. The van der Waals surface area contributed by atoms with E-state index >= 15 is 0 Å². The van der Waals surface area contributed by atoms with Crippen molar-refractivity contribution in [3.8, 4) is 0 Å². The Labute approximate surface area is 58.0 Å². The van der Waals surface area contributed by atoms with Gasteiger partial charge in [0.1, 0.15) is 0 Å². The van der Waals surface area contributed by atoms with Gasteiger partial charge in [0, 0.05) is 0 Å². The fourth-order valence-corrected chi connectivity index (χ4v) is 1.41. The zero-order valence-corrected chi connectivity index (χ0v) is 6.65. The van der Waals surface area contributed by atoms with E-state index in [-0.39, 0.29) is 0 Å². The third-order valence-electron chi connectivity index (χ3n) is 2.44. The van der Waals surface area contributed by atoms with Crippen molar-refractivity contribution in [3.63, 3.8) is 0 Å². The van der Waals surface area contributed by atoms with Gasteiger partial charge < -0.3 is 0 Å². The van der Waals surface area contributed by atoms with Gasteiger partial charge in [0.25, 0.3) is 0 Å². The van der Waals surface area contributed by atoms with Crippen LogP contribution in [-0.4, -0.2) is 0 Å². The average molecular weight is 124 g/mol. The van der Waals surface area contributed by atoms with E-state index in [4.69, 9.17) is 0 Å². The van der Waals surface area contributed by atoms with Crippen molar-refractivity contribution < 1.29 is 0 Å². The summed E-state index contributed by atoms with van der Waals surface area (Å²) in [6, 6.07) is 0. The lowest BCUT2D eigenvalue weighted by Crippen LogP contribution is -2.10. The van der Waals surface area contributed by atoms with E-state index in [0.717, 1.165) is 11.8 Å². The zero-order chi connectivity index (χ0) is 6.85. The molecule has 0 fully saturated rings. The number of allylic oxidation sites excluding steroid dienone is 2. The van der Waals surface area contributed by atoms with Crippen LogP contribution in [0.2, 0.25) is 0 Å². The Morgan fingerprint density at radius 2 is 2.11 bits per heavy atom. The summed E-state index contributed by atoms with van der Waals surface area (Å²) in [5, 5.41) is 0. The molecule has 0 nitrogen and oxygen atoms in total. The highest BCUT2D eigenvalue weighted by atomic mass is 14.2. The maximum absolute atomic E-state index is 2.41. The summed E-state index contributed by atoms with van der Waals surface area (Å²) < 4.78 is 0. The van der Waals surface area contributed by atoms with Gasteiger partial charge in [-0.05, 0) is 31.6 Å². The van der Waals surface area contributed by atoms with Crippen molar-refractivity contribution in [1.29, 1.82) is 0 Å². The Bertz CT molecular complexity index is 122. The molecule has 0 aromatic heterocycles. The van der Waals surface area contributed by atoms with Crippen molar-refractivity contribution in [1.82, 2.24) is 0 Å². The Hall–Kier alpha value is -0.260. The molecule has 0 heterocycles. The maximum atomic E-state index is 2.41. The van der Waals surface area contributed by atoms with Gasteiger partial charge in [-0.1, -0.05) is 25.5 Å². The first-order valence-electron chi connectivity index (χ1n) is 3.87. The molecule has 0 aromatic carbocycles. The second-order valence-electron chi connectivity index (χ2n) is 3.39. The van der Waals surface area contributed by atoms with E-state index in [1.54, 1.807) is 5.57 Å². The molecule has 0 N–H and O–H groups in total. The molecule has 0 radical (unpaired) electrons. The van der Waals surface area contributed by atoms with Gasteiger partial charge in [-0.15, -0.1) is 0 Å². The van der Waals surface area contributed by atoms with Crippen LogP contribution in [-0.2, 0) is 0 Å². The van der Waals surface area contributed by atoms with Crippen LogP contribution in [0.3, 0.4) is 0 Å². The molecule has 0 amide bonds. The summed E-state index contributed by atoms with van der Waals surface area (Å²) >= 11 is 0. The maximum Gasteiger partial charge on any atom is -0.0234 e. The summed E-state index contributed by atoms with van der Waals surface area (Å²) in [4.78, 5) is 0. The first-order valence-corrected chi connectivity index (χ1v) is 3.87. The van der Waals surface area contributed by atoms with Crippen molar-refractivity contribution in [2.24, 2.45) is 11.8 Å². The minimum Gasteiger partial charge on any atom is -0.0825 e. The van der Waals surface area contributed by atoms with Crippen LogP contribution in [0.5, 0.6) is 0 Å². The Morgan fingerprint density at radius 3 is 2.56 bits per heavy atom. The molecule has 2 atom stereocenters. The Morgan fingerprint density at radius 1 is 1.44 bits per heavy atom. The normalized spacial score (nSPS) is 36.1. The fourth-order valence-electron chi connectivity index (χ4n) is 1.41. The van der Waals surface area contributed by atoms with Crippen LogP contribution >= 0.6 is 0 Å². The van der Waals surface area contributed by atoms with E-state index in [9.17, 15) is 0 Å². The molecule has 0 aliphatic heterocycles. The van der Waals surface area contributed by atoms with Crippen molar-refractivity contribution >= 4 is 0 Å². The summed E-state index contributed by atoms with van der Waals surface area (Å²) in [5.41, 5.74) is 1.58.